The van der Waals surface area contributed by atoms with Crippen LogP contribution in [0, 0.1) is 0 Å². The highest BCUT2D eigenvalue weighted by Gasteiger charge is 2.15. The van der Waals surface area contributed by atoms with Gasteiger partial charge in [0.1, 0.15) is 11.5 Å². The number of halogens is 1. The Labute approximate surface area is 186 Å². The average molecular weight is 461 g/mol. The monoisotopic (exact) mass is 460 g/mol. The van der Waals surface area contributed by atoms with Crippen LogP contribution >= 0.6 is 11.6 Å². The molecule has 3 aromatic rings. The number of para-hydroxylation sites is 1. The van der Waals surface area contributed by atoms with Crippen molar-refractivity contribution < 1.29 is 22.7 Å². The third kappa shape index (κ3) is 6.37. The summed E-state index contributed by atoms with van der Waals surface area (Å²) < 4.78 is 38.4. The Morgan fingerprint density at radius 1 is 0.903 bits per heavy atom. The number of amides is 1. The summed E-state index contributed by atoms with van der Waals surface area (Å²) in [6.45, 7) is 2.16. The molecule has 0 aliphatic rings. The minimum Gasteiger partial charge on any atom is -0.494 e. The Hall–Kier alpha value is -3.23. The van der Waals surface area contributed by atoms with Gasteiger partial charge in [0.2, 0.25) is 0 Å². The van der Waals surface area contributed by atoms with Gasteiger partial charge in [-0.25, -0.2) is 8.42 Å². The molecule has 2 N–H and O–H groups in total. The number of nitrogens with one attached hydrogen (secondary N) is 2. The molecule has 0 unspecified atom stereocenters. The van der Waals surface area contributed by atoms with E-state index < -0.39 is 15.9 Å². The Morgan fingerprint density at radius 3 is 2.19 bits per heavy atom. The van der Waals surface area contributed by atoms with Gasteiger partial charge in [0.25, 0.3) is 15.9 Å². The van der Waals surface area contributed by atoms with Crippen molar-refractivity contribution in [3.8, 4) is 11.5 Å². The summed E-state index contributed by atoms with van der Waals surface area (Å²) in [7, 11) is -3.78. The van der Waals surface area contributed by atoms with Crippen LogP contribution in [0.2, 0.25) is 5.02 Å². The highest BCUT2D eigenvalue weighted by atomic mass is 35.5. The molecule has 7 nitrogen and oxygen atoms in total. The number of carbonyl (C=O) groups is 1. The Kier molecular flexibility index (Phi) is 7.38. The van der Waals surface area contributed by atoms with Crippen molar-refractivity contribution in [2.24, 2.45) is 0 Å². The van der Waals surface area contributed by atoms with E-state index in [1.54, 1.807) is 48.5 Å². The lowest BCUT2D eigenvalue weighted by atomic mass is 10.3. The SMILES string of the molecule is CCOc1ccc(NS(=O)(=O)c2ccc(NC(=O)COc3ccccc3Cl)cc2)cc1. The zero-order valence-corrected chi connectivity index (χ0v) is 18.2. The summed E-state index contributed by atoms with van der Waals surface area (Å²) in [5.74, 6) is 0.660. The van der Waals surface area contributed by atoms with E-state index in [4.69, 9.17) is 21.1 Å². The highest BCUT2D eigenvalue weighted by molar-refractivity contribution is 7.92. The van der Waals surface area contributed by atoms with Gasteiger partial charge in [0, 0.05) is 11.4 Å². The lowest BCUT2D eigenvalue weighted by molar-refractivity contribution is -0.118. The fourth-order valence-electron chi connectivity index (χ4n) is 2.62. The molecular weight excluding hydrogens is 440 g/mol. The first kappa shape index (κ1) is 22.5. The van der Waals surface area contributed by atoms with Crippen molar-refractivity contribution in [1.29, 1.82) is 0 Å². The van der Waals surface area contributed by atoms with Crippen molar-refractivity contribution >= 4 is 38.9 Å². The van der Waals surface area contributed by atoms with Crippen molar-refractivity contribution in [3.63, 3.8) is 0 Å². The summed E-state index contributed by atoms with van der Waals surface area (Å²) in [5, 5.41) is 3.05. The number of carbonyl (C=O) groups excluding carboxylic acids is 1. The van der Waals surface area contributed by atoms with Crippen LogP contribution in [0.4, 0.5) is 11.4 Å². The molecule has 1 amide bonds. The molecule has 0 spiro atoms. The summed E-state index contributed by atoms with van der Waals surface area (Å²) in [6, 6.07) is 19.3. The molecular formula is C22H21ClN2O5S. The number of ether oxygens (including phenoxy) is 2. The normalized spacial score (nSPS) is 10.9. The van der Waals surface area contributed by atoms with E-state index in [-0.39, 0.29) is 11.5 Å². The molecule has 0 aromatic heterocycles. The van der Waals surface area contributed by atoms with E-state index in [2.05, 4.69) is 10.0 Å². The van der Waals surface area contributed by atoms with Crippen LogP contribution in [-0.2, 0) is 14.8 Å². The number of rotatable bonds is 9. The van der Waals surface area contributed by atoms with Crippen molar-refractivity contribution in [3.05, 3.63) is 77.8 Å². The van der Waals surface area contributed by atoms with Crippen LogP contribution in [0.25, 0.3) is 0 Å². The molecule has 0 heterocycles. The molecule has 0 aliphatic heterocycles. The summed E-state index contributed by atoms with van der Waals surface area (Å²) in [6.07, 6.45) is 0. The van der Waals surface area contributed by atoms with E-state index in [0.717, 1.165) is 0 Å². The van der Waals surface area contributed by atoms with Crippen LogP contribution in [0.5, 0.6) is 11.5 Å². The average Bonchev–Trinajstić information content (AvgIpc) is 2.75. The second kappa shape index (κ2) is 10.2. The zero-order valence-electron chi connectivity index (χ0n) is 16.7. The number of benzene rings is 3. The summed E-state index contributed by atoms with van der Waals surface area (Å²) in [4.78, 5) is 12.1. The molecule has 3 rings (SSSR count). The Bertz CT molecular complexity index is 1130. The molecule has 0 saturated heterocycles. The second-order valence-corrected chi connectivity index (χ2v) is 8.44. The molecule has 9 heteroatoms. The first-order valence-electron chi connectivity index (χ1n) is 9.40. The quantitative estimate of drug-likeness (QED) is 0.488. The van der Waals surface area contributed by atoms with Gasteiger partial charge in [-0.1, -0.05) is 23.7 Å². The van der Waals surface area contributed by atoms with E-state index in [9.17, 15) is 13.2 Å². The van der Waals surface area contributed by atoms with Gasteiger partial charge in [-0.05, 0) is 67.6 Å². The fourth-order valence-corrected chi connectivity index (χ4v) is 3.87. The first-order chi connectivity index (χ1) is 14.9. The maximum absolute atomic E-state index is 12.6. The zero-order chi connectivity index (χ0) is 22.3. The van der Waals surface area contributed by atoms with Crippen molar-refractivity contribution in [2.75, 3.05) is 23.3 Å². The van der Waals surface area contributed by atoms with Gasteiger partial charge in [-0.15, -0.1) is 0 Å². The smallest absolute Gasteiger partial charge is 0.262 e. The fraction of sp³-hybridized carbons (Fsp3) is 0.136. The number of hydrogen-bond acceptors (Lipinski definition) is 5. The standard InChI is InChI=1S/C22H21ClN2O5S/c1-2-29-18-11-7-17(8-12-18)25-31(27,28)19-13-9-16(10-14-19)24-22(26)15-30-21-6-4-3-5-20(21)23/h3-14,25H,2,15H2,1H3,(H,24,26). The van der Waals surface area contributed by atoms with E-state index in [1.807, 2.05) is 6.92 Å². The predicted molar refractivity (Wildman–Crippen MR) is 120 cm³/mol. The molecule has 31 heavy (non-hydrogen) atoms. The van der Waals surface area contributed by atoms with Gasteiger partial charge in [0.05, 0.1) is 16.5 Å². The maximum atomic E-state index is 12.6. The minimum absolute atomic E-state index is 0.0618. The Morgan fingerprint density at radius 2 is 1.55 bits per heavy atom. The number of anilines is 2. The largest absolute Gasteiger partial charge is 0.494 e. The molecule has 0 radical (unpaired) electrons. The number of hydrogen-bond donors (Lipinski definition) is 2. The van der Waals surface area contributed by atoms with Gasteiger partial charge < -0.3 is 14.8 Å². The molecule has 0 atom stereocenters. The third-order valence-electron chi connectivity index (χ3n) is 4.06. The summed E-state index contributed by atoms with van der Waals surface area (Å²) >= 11 is 5.98. The maximum Gasteiger partial charge on any atom is 0.262 e. The molecule has 0 bridgehead atoms. The van der Waals surface area contributed by atoms with Crippen molar-refractivity contribution in [2.45, 2.75) is 11.8 Å². The van der Waals surface area contributed by atoms with Crippen LogP contribution in [0.3, 0.4) is 0 Å². The van der Waals surface area contributed by atoms with Gasteiger partial charge >= 0.3 is 0 Å². The lowest BCUT2D eigenvalue weighted by Crippen LogP contribution is -2.20. The van der Waals surface area contributed by atoms with E-state index >= 15 is 0 Å². The molecule has 0 aliphatic carbocycles. The molecule has 0 saturated carbocycles. The lowest BCUT2D eigenvalue weighted by Gasteiger charge is -2.11. The predicted octanol–water partition coefficient (Wildman–Crippen LogP) is 4.56. The second-order valence-electron chi connectivity index (χ2n) is 6.35. The van der Waals surface area contributed by atoms with E-state index in [0.29, 0.717) is 34.5 Å². The van der Waals surface area contributed by atoms with Crippen LogP contribution in [0.1, 0.15) is 6.92 Å². The minimum atomic E-state index is -3.78. The molecule has 0 fully saturated rings. The van der Waals surface area contributed by atoms with Crippen LogP contribution < -0.4 is 19.5 Å². The van der Waals surface area contributed by atoms with Crippen LogP contribution in [0.15, 0.2) is 77.7 Å². The summed E-state index contributed by atoms with van der Waals surface area (Å²) in [5.41, 5.74) is 0.852. The molecule has 162 valence electrons. The highest BCUT2D eigenvalue weighted by Crippen LogP contribution is 2.23. The number of sulfonamides is 1. The van der Waals surface area contributed by atoms with Crippen LogP contribution in [-0.4, -0.2) is 27.5 Å². The Balaban J connectivity index is 1.58. The third-order valence-corrected chi connectivity index (χ3v) is 5.77. The van der Waals surface area contributed by atoms with Gasteiger partial charge in [-0.2, -0.15) is 0 Å². The van der Waals surface area contributed by atoms with Crippen molar-refractivity contribution in [1.82, 2.24) is 0 Å². The van der Waals surface area contributed by atoms with E-state index in [1.165, 1.54) is 24.3 Å². The molecule has 3 aromatic carbocycles. The first-order valence-corrected chi connectivity index (χ1v) is 11.3. The van der Waals surface area contributed by atoms with Gasteiger partial charge in [0.15, 0.2) is 6.61 Å². The topological polar surface area (TPSA) is 93.7 Å². The van der Waals surface area contributed by atoms with Gasteiger partial charge in [-0.3, -0.25) is 9.52 Å².